The highest BCUT2D eigenvalue weighted by Gasteiger charge is 2.16. The summed E-state index contributed by atoms with van der Waals surface area (Å²) in [5.41, 5.74) is 3.53. The van der Waals surface area contributed by atoms with E-state index in [-0.39, 0.29) is 30.5 Å². The SMILES string of the molecule is CC(=O)CCC(=O)Oc1ccc(C(c2ccccc2)c2ccccc2)cc1. The molecule has 3 nitrogen and oxygen atoms in total. The van der Waals surface area contributed by atoms with E-state index in [0.29, 0.717) is 5.75 Å². The van der Waals surface area contributed by atoms with Crippen LogP contribution in [-0.2, 0) is 9.59 Å². The van der Waals surface area contributed by atoms with Crippen LogP contribution in [0, 0.1) is 0 Å². The van der Waals surface area contributed by atoms with Gasteiger partial charge in [0.2, 0.25) is 0 Å². The molecule has 136 valence electrons. The van der Waals surface area contributed by atoms with Crippen molar-refractivity contribution in [2.45, 2.75) is 25.7 Å². The van der Waals surface area contributed by atoms with E-state index in [1.54, 1.807) is 12.1 Å². The Morgan fingerprint density at radius 2 is 1.19 bits per heavy atom. The molecule has 3 heteroatoms. The normalized spacial score (nSPS) is 10.6. The molecule has 3 aromatic rings. The van der Waals surface area contributed by atoms with Crippen molar-refractivity contribution in [2.24, 2.45) is 0 Å². The van der Waals surface area contributed by atoms with Crippen LogP contribution in [0.15, 0.2) is 84.9 Å². The molecular formula is C24H22O3. The third kappa shape index (κ3) is 5.14. The summed E-state index contributed by atoms with van der Waals surface area (Å²) in [5, 5.41) is 0. The average Bonchev–Trinajstić information content (AvgIpc) is 2.70. The second kappa shape index (κ2) is 8.95. The minimum absolute atomic E-state index is 0.0177. The maximum absolute atomic E-state index is 11.8. The Morgan fingerprint density at radius 3 is 1.67 bits per heavy atom. The molecule has 0 aliphatic heterocycles. The Balaban J connectivity index is 1.82. The van der Waals surface area contributed by atoms with Crippen LogP contribution in [0.3, 0.4) is 0 Å². The molecule has 0 atom stereocenters. The molecule has 0 aromatic heterocycles. The number of esters is 1. The van der Waals surface area contributed by atoms with Crippen molar-refractivity contribution < 1.29 is 14.3 Å². The van der Waals surface area contributed by atoms with Gasteiger partial charge in [-0.2, -0.15) is 0 Å². The summed E-state index contributed by atoms with van der Waals surface area (Å²) >= 11 is 0. The summed E-state index contributed by atoms with van der Waals surface area (Å²) in [6.45, 7) is 1.47. The molecule has 0 fully saturated rings. The van der Waals surface area contributed by atoms with Gasteiger partial charge in [-0.05, 0) is 35.7 Å². The van der Waals surface area contributed by atoms with E-state index in [1.165, 1.54) is 18.1 Å². The lowest BCUT2D eigenvalue weighted by Crippen LogP contribution is -2.09. The van der Waals surface area contributed by atoms with Gasteiger partial charge in [0.1, 0.15) is 11.5 Å². The second-order valence-corrected chi connectivity index (χ2v) is 6.50. The third-order valence-electron chi connectivity index (χ3n) is 4.39. The quantitative estimate of drug-likeness (QED) is 0.334. The van der Waals surface area contributed by atoms with Crippen LogP contribution in [0.25, 0.3) is 0 Å². The van der Waals surface area contributed by atoms with Gasteiger partial charge >= 0.3 is 5.97 Å². The van der Waals surface area contributed by atoms with Crippen molar-refractivity contribution in [3.63, 3.8) is 0 Å². The fourth-order valence-corrected chi connectivity index (χ4v) is 3.06. The topological polar surface area (TPSA) is 43.4 Å². The number of Topliss-reactive ketones (excluding diaryl/α,β-unsaturated/α-hetero) is 1. The molecule has 0 heterocycles. The van der Waals surface area contributed by atoms with Crippen molar-refractivity contribution in [3.8, 4) is 5.75 Å². The van der Waals surface area contributed by atoms with Gasteiger partial charge in [-0.3, -0.25) is 4.79 Å². The van der Waals surface area contributed by atoms with Crippen molar-refractivity contribution in [3.05, 3.63) is 102 Å². The van der Waals surface area contributed by atoms with E-state index in [2.05, 4.69) is 24.3 Å². The van der Waals surface area contributed by atoms with Gasteiger partial charge in [-0.15, -0.1) is 0 Å². The maximum Gasteiger partial charge on any atom is 0.311 e. The van der Waals surface area contributed by atoms with Crippen LogP contribution in [0.5, 0.6) is 5.75 Å². The first-order valence-corrected chi connectivity index (χ1v) is 9.03. The lowest BCUT2D eigenvalue weighted by molar-refractivity contribution is -0.135. The Morgan fingerprint density at radius 1 is 0.704 bits per heavy atom. The lowest BCUT2D eigenvalue weighted by Gasteiger charge is -2.19. The first-order chi connectivity index (χ1) is 13.1. The summed E-state index contributed by atoms with van der Waals surface area (Å²) < 4.78 is 5.32. The number of carbonyl (C=O) groups is 2. The van der Waals surface area contributed by atoms with Crippen LogP contribution in [0.1, 0.15) is 42.4 Å². The number of rotatable bonds is 7. The maximum atomic E-state index is 11.8. The van der Waals surface area contributed by atoms with Gasteiger partial charge in [0.05, 0.1) is 6.42 Å². The van der Waals surface area contributed by atoms with Crippen LogP contribution >= 0.6 is 0 Å². The van der Waals surface area contributed by atoms with Gasteiger partial charge in [0, 0.05) is 12.3 Å². The predicted molar refractivity (Wildman–Crippen MR) is 106 cm³/mol. The van der Waals surface area contributed by atoms with Gasteiger partial charge in [0.25, 0.3) is 0 Å². The molecule has 3 rings (SSSR count). The fraction of sp³-hybridized carbons (Fsp3) is 0.167. The van der Waals surface area contributed by atoms with E-state index in [4.69, 9.17) is 4.74 Å². The molecule has 0 unspecified atom stereocenters. The highest BCUT2D eigenvalue weighted by atomic mass is 16.5. The minimum atomic E-state index is -0.388. The van der Waals surface area contributed by atoms with Crippen molar-refractivity contribution in [1.29, 1.82) is 0 Å². The summed E-state index contributed by atoms with van der Waals surface area (Å²) in [6.07, 6.45) is 0.314. The van der Waals surface area contributed by atoms with E-state index >= 15 is 0 Å². The summed E-state index contributed by atoms with van der Waals surface area (Å²) in [7, 11) is 0. The monoisotopic (exact) mass is 358 g/mol. The van der Waals surface area contributed by atoms with Gasteiger partial charge in [-0.1, -0.05) is 72.8 Å². The molecular weight excluding hydrogens is 336 g/mol. The molecule has 0 saturated carbocycles. The van der Waals surface area contributed by atoms with Crippen LogP contribution in [0.4, 0.5) is 0 Å². The molecule has 0 bridgehead atoms. The molecule has 0 radical (unpaired) electrons. The van der Waals surface area contributed by atoms with E-state index in [1.807, 2.05) is 48.5 Å². The fourth-order valence-electron chi connectivity index (χ4n) is 3.06. The zero-order chi connectivity index (χ0) is 19.1. The molecule has 0 saturated heterocycles. The highest BCUT2D eigenvalue weighted by Crippen LogP contribution is 2.32. The number of benzene rings is 3. The molecule has 27 heavy (non-hydrogen) atoms. The number of hydrogen-bond donors (Lipinski definition) is 0. The zero-order valence-corrected chi connectivity index (χ0v) is 15.3. The zero-order valence-electron chi connectivity index (χ0n) is 15.3. The summed E-state index contributed by atoms with van der Waals surface area (Å²) in [6, 6.07) is 28.2. The lowest BCUT2D eigenvalue weighted by atomic mass is 9.85. The smallest absolute Gasteiger partial charge is 0.311 e. The van der Waals surface area contributed by atoms with E-state index in [0.717, 1.165) is 5.56 Å². The molecule has 0 aliphatic rings. The number of carbonyl (C=O) groups excluding carboxylic acids is 2. The summed E-state index contributed by atoms with van der Waals surface area (Å²) in [5.74, 6) is 0.193. The van der Waals surface area contributed by atoms with Crippen molar-refractivity contribution in [1.82, 2.24) is 0 Å². The highest BCUT2D eigenvalue weighted by molar-refractivity contribution is 5.81. The number of ether oxygens (including phenoxy) is 1. The third-order valence-corrected chi connectivity index (χ3v) is 4.39. The molecule has 0 amide bonds. The van der Waals surface area contributed by atoms with E-state index < -0.39 is 0 Å². The van der Waals surface area contributed by atoms with Crippen LogP contribution in [-0.4, -0.2) is 11.8 Å². The molecule has 3 aromatic carbocycles. The molecule has 0 aliphatic carbocycles. The van der Waals surface area contributed by atoms with E-state index in [9.17, 15) is 9.59 Å². The van der Waals surface area contributed by atoms with Crippen LogP contribution in [0.2, 0.25) is 0 Å². The average molecular weight is 358 g/mol. The Labute approximate surface area is 159 Å². The first kappa shape index (κ1) is 18.6. The molecule has 0 N–H and O–H groups in total. The Kier molecular flexibility index (Phi) is 6.16. The van der Waals surface area contributed by atoms with Crippen LogP contribution < -0.4 is 4.74 Å². The largest absolute Gasteiger partial charge is 0.427 e. The van der Waals surface area contributed by atoms with Gasteiger partial charge in [0.15, 0.2) is 0 Å². The summed E-state index contributed by atoms with van der Waals surface area (Å²) in [4.78, 5) is 22.8. The second-order valence-electron chi connectivity index (χ2n) is 6.50. The Hall–Kier alpha value is -3.20. The predicted octanol–water partition coefficient (Wildman–Crippen LogP) is 5.14. The van der Waals surface area contributed by atoms with Gasteiger partial charge in [-0.25, -0.2) is 0 Å². The van der Waals surface area contributed by atoms with Crippen molar-refractivity contribution >= 4 is 11.8 Å². The van der Waals surface area contributed by atoms with Gasteiger partial charge < -0.3 is 9.53 Å². The Bertz CT molecular complexity index is 844. The number of ketones is 1. The number of hydrogen-bond acceptors (Lipinski definition) is 3. The molecule has 0 spiro atoms. The van der Waals surface area contributed by atoms with Crippen molar-refractivity contribution in [2.75, 3.05) is 0 Å². The standard InChI is InChI=1S/C24H22O3/c1-18(25)12-17-23(26)27-22-15-13-21(14-16-22)24(19-8-4-2-5-9-19)20-10-6-3-7-11-20/h2-11,13-16,24H,12,17H2,1H3. The first-order valence-electron chi connectivity index (χ1n) is 9.03. The minimum Gasteiger partial charge on any atom is -0.427 e.